The molecule has 0 radical (unpaired) electrons. The molecule has 0 aromatic rings. The molecule has 0 heterocycles. The summed E-state index contributed by atoms with van der Waals surface area (Å²) in [5.74, 6) is -1.34. The highest BCUT2D eigenvalue weighted by atomic mass is 79.9. The van der Waals surface area contributed by atoms with Gasteiger partial charge in [0, 0.05) is 5.75 Å². The lowest BCUT2D eigenvalue weighted by molar-refractivity contribution is -0.140. The van der Waals surface area contributed by atoms with E-state index in [0.29, 0.717) is 0 Å². The summed E-state index contributed by atoms with van der Waals surface area (Å²) in [6.45, 7) is 0. The number of rotatable bonds is 4. The van der Waals surface area contributed by atoms with Gasteiger partial charge in [-0.15, -0.1) is 0 Å². The summed E-state index contributed by atoms with van der Waals surface area (Å²) >= 11 is 6.65. The number of alkyl halides is 1. The van der Waals surface area contributed by atoms with Crippen molar-refractivity contribution in [2.75, 3.05) is 11.1 Å². The van der Waals surface area contributed by atoms with Crippen molar-refractivity contribution >= 4 is 40.4 Å². The van der Waals surface area contributed by atoms with Crippen LogP contribution in [0.25, 0.3) is 0 Å². The number of carbonyl (C=O) groups is 2. The molecule has 0 rings (SSSR count). The Hall–Kier alpha value is -0.230. The molecule has 1 amide bonds. The second-order valence-electron chi connectivity index (χ2n) is 1.77. The van der Waals surface area contributed by atoms with Gasteiger partial charge in [0.15, 0.2) is 0 Å². The number of carboxylic acids is 1. The van der Waals surface area contributed by atoms with E-state index in [0.717, 1.165) is 0 Å². The first kappa shape index (κ1) is 10.8. The zero-order chi connectivity index (χ0) is 8.85. The van der Waals surface area contributed by atoms with Gasteiger partial charge in [-0.1, -0.05) is 15.9 Å². The van der Waals surface area contributed by atoms with Gasteiger partial charge in [-0.25, -0.2) is 4.79 Å². The molecule has 11 heavy (non-hydrogen) atoms. The van der Waals surface area contributed by atoms with Crippen LogP contribution >= 0.6 is 28.6 Å². The van der Waals surface area contributed by atoms with Gasteiger partial charge in [-0.3, -0.25) is 4.79 Å². The maximum Gasteiger partial charge on any atom is 0.327 e. The number of amides is 1. The first-order chi connectivity index (χ1) is 5.11. The van der Waals surface area contributed by atoms with Crippen molar-refractivity contribution in [2.45, 2.75) is 6.04 Å². The van der Waals surface area contributed by atoms with E-state index >= 15 is 0 Å². The van der Waals surface area contributed by atoms with Crippen LogP contribution in [-0.2, 0) is 9.59 Å². The average molecular weight is 242 g/mol. The molecular weight excluding hydrogens is 234 g/mol. The van der Waals surface area contributed by atoms with E-state index in [1.165, 1.54) is 0 Å². The van der Waals surface area contributed by atoms with Crippen LogP contribution in [0.2, 0.25) is 0 Å². The highest BCUT2D eigenvalue weighted by Gasteiger charge is 2.16. The number of carboxylic acid groups (broad SMARTS) is 1. The van der Waals surface area contributed by atoms with Crippen LogP contribution < -0.4 is 5.32 Å². The number of hydrogen-bond acceptors (Lipinski definition) is 3. The van der Waals surface area contributed by atoms with Crippen molar-refractivity contribution in [3.05, 3.63) is 0 Å². The molecule has 0 unspecified atom stereocenters. The Kier molecular flexibility index (Phi) is 5.31. The molecular formula is C5H8BrNO3S. The lowest BCUT2D eigenvalue weighted by Gasteiger charge is -2.09. The third-order valence-electron chi connectivity index (χ3n) is 0.937. The molecule has 0 saturated heterocycles. The Bertz CT molecular complexity index is 164. The quantitative estimate of drug-likeness (QED) is 0.475. The van der Waals surface area contributed by atoms with Gasteiger partial charge in [0.25, 0.3) is 0 Å². The van der Waals surface area contributed by atoms with Gasteiger partial charge in [0.2, 0.25) is 5.91 Å². The molecule has 0 bridgehead atoms. The molecule has 4 nitrogen and oxygen atoms in total. The van der Waals surface area contributed by atoms with Crippen LogP contribution in [0.1, 0.15) is 0 Å². The van der Waals surface area contributed by atoms with Gasteiger partial charge in [0.1, 0.15) is 6.04 Å². The van der Waals surface area contributed by atoms with Gasteiger partial charge < -0.3 is 10.4 Å². The number of halogens is 1. The van der Waals surface area contributed by atoms with E-state index < -0.39 is 12.0 Å². The van der Waals surface area contributed by atoms with E-state index in [9.17, 15) is 9.59 Å². The minimum Gasteiger partial charge on any atom is -0.480 e. The van der Waals surface area contributed by atoms with E-state index in [1.54, 1.807) is 0 Å². The van der Waals surface area contributed by atoms with Crippen LogP contribution in [-0.4, -0.2) is 34.1 Å². The molecule has 0 aliphatic carbocycles. The maximum atomic E-state index is 10.6. The Balaban J connectivity index is 3.88. The fraction of sp³-hybridized carbons (Fsp3) is 0.600. The lowest BCUT2D eigenvalue weighted by Crippen LogP contribution is -2.42. The molecule has 0 aliphatic rings. The monoisotopic (exact) mass is 241 g/mol. The molecule has 0 aromatic carbocycles. The number of carbonyl (C=O) groups excluding carboxylic acids is 1. The van der Waals surface area contributed by atoms with Crippen LogP contribution in [0.15, 0.2) is 0 Å². The number of thiol groups is 1. The summed E-state index contributed by atoms with van der Waals surface area (Å²) in [5.41, 5.74) is 0. The van der Waals surface area contributed by atoms with Crippen molar-refractivity contribution in [1.29, 1.82) is 0 Å². The highest BCUT2D eigenvalue weighted by Crippen LogP contribution is 1.89. The van der Waals surface area contributed by atoms with Crippen LogP contribution in [0.4, 0.5) is 0 Å². The topological polar surface area (TPSA) is 66.4 Å². The minimum atomic E-state index is -1.07. The maximum absolute atomic E-state index is 10.6. The number of hydrogen-bond donors (Lipinski definition) is 3. The molecule has 0 saturated carbocycles. The Labute approximate surface area is 77.9 Å². The summed E-state index contributed by atoms with van der Waals surface area (Å²) in [6.07, 6.45) is 0. The standard InChI is InChI=1S/C5H8BrNO3S/c6-1-4(8)7-3(2-11)5(9)10/h3,11H,1-2H2,(H,7,8)(H,9,10)/t3-/m0/s1. The second kappa shape index (κ2) is 5.42. The number of nitrogens with one attached hydrogen (secondary N) is 1. The fourth-order valence-corrected chi connectivity index (χ4v) is 0.828. The van der Waals surface area contributed by atoms with Crippen LogP contribution in [0.3, 0.4) is 0 Å². The zero-order valence-corrected chi connectivity index (χ0v) is 8.06. The Morgan fingerprint density at radius 2 is 2.18 bits per heavy atom. The largest absolute Gasteiger partial charge is 0.480 e. The summed E-state index contributed by atoms with van der Waals surface area (Å²) in [4.78, 5) is 20.9. The van der Waals surface area contributed by atoms with Crippen molar-refractivity contribution in [3.8, 4) is 0 Å². The molecule has 0 aromatic heterocycles. The van der Waals surface area contributed by atoms with Crippen LogP contribution in [0.5, 0.6) is 0 Å². The van der Waals surface area contributed by atoms with Gasteiger partial charge >= 0.3 is 5.97 Å². The third kappa shape index (κ3) is 4.26. The SMILES string of the molecule is O=C(CBr)N[C@@H](CS)C(=O)O. The molecule has 0 fully saturated rings. The van der Waals surface area contributed by atoms with E-state index in [2.05, 4.69) is 33.9 Å². The summed E-state index contributed by atoms with van der Waals surface area (Å²) in [5, 5.41) is 10.8. The van der Waals surface area contributed by atoms with E-state index in [-0.39, 0.29) is 17.0 Å². The fourth-order valence-electron chi connectivity index (χ4n) is 0.418. The third-order valence-corrected chi connectivity index (χ3v) is 1.81. The average Bonchev–Trinajstić information content (AvgIpc) is 1.99. The zero-order valence-electron chi connectivity index (χ0n) is 5.58. The molecule has 0 spiro atoms. The van der Waals surface area contributed by atoms with E-state index in [4.69, 9.17) is 5.11 Å². The van der Waals surface area contributed by atoms with Gasteiger partial charge in [0.05, 0.1) is 5.33 Å². The van der Waals surface area contributed by atoms with Gasteiger partial charge in [-0.05, 0) is 0 Å². The number of aliphatic carboxylic acids is 1. The summed E-state index contributed by atoms with van der Waals surface area (Å²) in [7, 11) is 0. The molecule has 0 aliphatic heterocycles. The molecule has 64 valence electrons. The summed E-state index contributed by atoms with van der Waals surface area (Å²) in [6, 6.07) is -0.900. The summed E-state index contributed by atoms with van der Waals surface area (Å²) < 4.78 is 0. The lowest BCUT2D eigenvalue weighted by atomic mass is 10.3. The van der Waals surface area contributed by atoms with E-state index in [1.807, 2.05) is 0 Å². The predicted octanol–water partition coefficient (Wildman–Crippen LogP) is -0.119. The van der Waals surface area contributed by atoms with Crippen molar-refractivity contribution in [1.82, 2.24) is 5.32 Å². The molecule has 1 atom stereocenters. The van der Waals surface area contributed by atoms with Gasteiger partial charge in [-0.2, -0.15) is 12.6 Å². The Morgan fingerprint density at radius 1 is 1.64 bits per heavy atom. The van der Waals surface area contributed by atoms with Crippen molar-refractivity contribution < 1.29 is 14.7 Å². The first-order valence-corrected chi connectivity index (χ1v) is 4.56. The smallest absolute Gasteiger partial charge is 0.327 e. The highest BCUT2D eigenvalue weighted by molar-refractivity contribution is 9.09. The first-order valence-electron chi connectivity index (χ1n) is 2.80. The van der Waals surface area contributed by atoms with Crippen LogP contribution in [0, 0.1) is 0 Å². The Morgan fingerprint density at radius 3 is 2.45 bits per heavy atom. The molecule has 2 N–H and O–H groups in total. The predicted molar refractivity (Wildman–Crippen MR) is 47.2 cm³/mol. The molecule has 6 heteroatoms. The van der Waals surface area contributed by atoms with Crippen molar-refractivity contribution in [3.63, 3.8) is 0 Å². The minimum absolute atomic E-state index is 0.0913. The van der Waals surface area contributed by atoms with Crippen molar-refractivity contribution in [2.24, 2.45) is 0 Å². The normalized spacial score (nSPS) is 12.2. The second-order valence-corrected chi connectivity index (χ2v) is 2.70.